The van der Waals surface area contributed by atoms with Crippen LogP contribution in [0.5, 0.6) is 5.75 Å². The van der Waals surface area contributed by atoms with E-state index in [0.717, 1.165) is 30.6 Å². The first-order valence-corrected chi connectivity index (χ1v) is 7.52. The molecule has 0 saturated heterocycles. The van der Waals surface area contributed by atoms with Crippen molar-refractivity contribution in [3.05, 3.63) is 52.6 Å². The van der Waals surface area contributed by atoms with Crippen molar-refractivity contribution >= 4 is 5.97 Å². The average Bonchev–Trinajstić information content (AvgIpc) is 2.51. The second-order valence-corrected chi connectivity index (χ2v) is 5.59. The number of carbonyl (C=O) groups is 1. The topological polar surface area (TPSA) is 35.5 Å². The summed E-state index contributed by atoms with van der Waals surface area (Å²) in [5.74, 6) is 0.467. The molecule has 0 heterocycles. The third-order valence-corrected chi connectivity index (χ3v) is 3.46. The molecule has 0 spiro atoms. The maximum Gasteiger partial charge on any atom is 0.337 e. The van der Waals surface area contributed by atoms with Crippen molar-refractivity contribution in [2.45, 2.75) is 40.0 Å². The molecule has 1 aromatic rings. The number of benzene rings is 1. The fourth-order valence-corrected chi connectivity index (χ4v) is 2.16. The van der Waals surface area contributed by atoms with Crippen molar-refractivity contribution < 1.29 is 14.3 Å². The van der Waals surface area contributed by atoms with Gasteiger partial charge < -0.3 is 9.47 Å². The predicted octanol–water partition coefficient (Wildman–Crippen LogP) is 4.72. The Morgan fingerprint density at radius 2 is 1.86 bits per heavy atom. The molecule has 0 aromatic heterocycles. The fourth-order valence-electron chi connectivity index (χ4n) is 2.16. The number of esters is 1. The minimum absolute atomic E-state index is 0.326. The van der Waals surface area contributed by atoms with Crippen LogP contribution in [0.2, 0.25) is 0 Å². The van der Waals surface area contributed by atoms with Crippen molar-refractivity contribution in [1.82, 2.24) is 0 Å². The Kier molecular flexibility index (Phi) is 7.44. The Balaban J connectivity index is 2.82. The lowest BCUT2D eigenvalue weighted by Gasteiger charge is -2.09. The highest BCUT2D eigenvalue weighted by molar-refractivity contribution is 5.89. The molecule has 0 radical (unpaired) electrons. The van der Waals surface area contributed by atoms with Gasteiger partial charge in [0.05, 0.1) is 19.8 Å². The molecule has 0 atom stereocenters. The number of ether oxygens (including phenoxy) is 2. The summed E-state index contributed by atoms with van der Waals surface area (Å²) in [7, 11) is 3.03. The molecular formula is C19H26O3. The molecule has 0 aliphatic rings. The lowest BCUT2D eigenvalue weighted by atomic mass is 10.0. The number of methoxy groups -OCH3 is 2. The van der Waals surface area contributed by atoms with Gasteiger partial charge in [-0.1, -0.05) is 23.3 Å². The van der Waals surface area contributed by atoms with Crippen LogP contribution in [0.15, 0.2) is 41.5 Å². The minimum atomic E-state index is -0.326. The van der Waals surface area contributed by atoms with Crippen LogP contribution in [0.25, 0.3) is 0 Å². The second kappa shape index (κ2) is 9.08. The Labute approximate surface area is 133 Å². The third-order valence-electron chi connectivity index (χ3n) is 3.46. The van der Waals surface area contributed by atoms with Crippen LogP contribution in [0, 0.1) is 0 Å². The number of carbonyl (C=O) groups excluding carboxylic acids is 1. The largest absolute Gasteiger partial charge is 0.496 e. The first-order chi connectivity index (χ1) is 10.5. The molecule has 3 heteroatoms. The van der Waals surface area contributed by atoms with Crippen molar-refractivity contribution in [3.63, 3.8) is 0 Å². The van der Waals surface area contributed by atoms with E-state index in [2.05, 4.69) is 32.9 Å². The maximum absolute atomic E-state index is 11.6. The lowest BCUT2D eigenvalue weighted by molar-refractivity contribution is 0.0600. The molecule has 0 fully saturated rings. The van der Waals surface area contributed by atoms with Crippen LogP contribution < -0.4 is 4.74 Å². The Bertz CT molecular complexity index is 564. The van der Waals surface area contributed by atoms with Crippen molar-refractivity contribution in [2.75, 3.05) is 14.2 Å². The van der Waals surface area contributed by atoms with Gasteiger partial charge in [-0.3, -0.25) is 0 Å². The zero-order valence-corrected chi connectivity index (χ0v) is 14.2. The third kappa shape index (κ3) is 5.76. The van der Waals surface area contributed by atoms with E-state index >= 15 is 0 Å². The average molecular weight is 302 g/mol. The minimum Gasteiger partial charge on any atom is -0.496 e. The van der Waals surface area contributed by atoms with Crippen LogP contribution in [-0.4, -0.2) is 20.2 Å². The molecule has 1 rings (SSSR count). The molecule has 3 nitrogen and oxygen atoms in total. The van der Waals surface area contributed by atoms with Crippen LogP contribution in [0.3, 0.4) is 0 Å². The van der Waals surface area contributed by atoms with E-state index in [1.807, 2.05) is 12.1 Å². The standard InChI is InChI=1S/C19H26O3/c1-14(2)7-6-8-15(3)9-10-16-13-17(19(20)22-5)11-12-18(16)21-4/h7,9,11-13H,6,8,10H2,1-5H3/b15-9+. The maximum atomic E-state index is 11.6. The SMILES string of the molecule is COC(=O)c1ccc(OC)c(C/C=C(\C)CCC=C(C)C)c1. The van der Waals surface area contributed by atoms with E-state index in [9.17, 15) is 4.79 Å². The molecule has 0 amide bonds. The molecule has 0 N–H and O–H groups in total. The summed E-state index contributed by atoms with van der Waals surface area (Å²) in [5, 5.41) is 0. The van der Waals surface area contributed by atoms with Crippen LogP contribution >= 0.6 is 0 Å². The molecule has 22 heavy (non-hydrogen) atoms. The van der Waals surface area contributed by atoms with Gasteiger partial charge >= 0.3 is 5.97 Å². The number of hydrogen-bond donors (Lipinski definition) is 0. The Hall–Kier alpha value is -2.03. The van der Waals surface area contributed by atoms with Gasteiger partial charge in [0.15, 0.2) is 0 Å². The molecule has 0 aliphatic heterocycles. The molecule has 1 aromatic carbocycles. The summed E-state index contributed by atoms with van der Waals surface area (Å²) in [5.41, 5.74) is 4.23. The summed E-state index contributed by atoms with van der Waals surface area (Å²) < 4.78 is 10.1. The van der Waals surface area contributed by atoms with E-state index in [0.29, 0.717) is 5.56 Å². The molecule has 0 aliphatic carbocycles. The predicted molar refractivity (Wildman–Crippen MR) is 90.5 cm³/mol. The van der Waals surface area contributed by atoms with Crippen LogP contribution in [0.4, 0.5) is 0 Å². The molecule has 120 valence electrons. The lowest BCUT2D eigenvalue weighted by Crippen LogP contribution is -2.03. The molecule has 0 bridgehead atoms. The van der Waals surface area contributed by atoms with E-state index in [4.69, 9.17) is 9.47 Å². The Morgan fingerprint density at radius 1 is 1.14 bits per heavy atom. The zero-order valence-electron chi connectivity index (χ0n) is 14.2. The quantitative estimate of drug-likeness (QED) is 0.540. The van der Waals surface area contributed by atoms with Gasteiger partial charge in [0.1, 0.15) is 5.75 Å². The van der Waals surface area contributed by atoms with E-state index in [1.54, 1.807) is 13.2 Å². The fraction of sp³-hybridized carbons (Fsp3) is 0.421. The number of allylic oxidation sites excluding steroid dienone is 4. The van der Waals surface area contributed by atoms with Gasteiger partial charge in [-0.15, -0.1) is 0 Å². The van der Waals surface area contributed by atoms with Crippen LogP contribution in [-0.2, 0) is 11.2 Å². The summed E-state index contributed by atoms with van der Waals surface area (Å²) in [4.78, 5) is 11.6. The van der Waals surface area contributed by atoms with Crippen molar-refractivity contribution in [2.24, 2.45) is 0 Å². The van der Waals surface area contributed by atoms with E-state index in [-0.39, 0.29) is 5.97 Å². The van der Waals surface area contributed by atoms with E-state index in [1.165, 1.54) is 18.3 Å². The number of hydrogen-bond acceptors (Lipinski definition) is 3. The van der Waals surface area contributed by atoms with Gasteiger partial charge in [0.2, 0.25) is 0 Å². The first kappa shape index (κ1) is 18.0. The van der Waals surface area contributed by atoms with Crippen LogP contribution in [0.1, 0.15) is 49.5 Å². The Morgan fingerprint density at radius 3 is 2.45 bits per heavy atom. The molecule has 0 unspecified atom stereocenters. The normalized spacial score (nSPS) is 11.0. The monoisotopic (exact) mass is 302 g/mol. The summed E-state index contributed by atoms with van der Waals surface area (Å²) in [6.07, 6.45) is 7.29. The number of rotatable bonds is 7. The molecular weight excluding hydrogens is 276 g/mol. The summed E-state index contributed by atoms with van der Waals surface area (Å²) in [6, 6.07) is 5.37. The summed E-state index contributed by atoms with van der Waals surface area (Å²) in [6.45, 7) is 6.36. The van der Waals surface area contributed by atoms with Crippen molar-refractivity contribution in [3.8, 4) is 5.75 Å². The van der Waals surface area contributed by atoms with E-state index < -0.39 is 0 Å². The zero-order chi connectivity index (χ0) is 16.5. The van der Waals surface area contributed by atoms with Gasteiger partial charge in [0, 0.05) is 0 Å². The smallest absolute Gasteiger partial charge is 0.337 e. The molecule has 0 saturated carbocycles. The highest BCUT2D eigenvalue weighted by atomic mass is 16.5. The second-order valence-electron chi connectivity index (χ2n) is 5.59. The summed E-state index contributed by atoms with van der Waals surface area (Å²) >= 11 is 0. The van der Waals surface area contributed by atoms with Gasteiger partial charge in [-0.05, 0) is 63.8 Å². The highest BCUT2D eigenvalue weighted by Gasteiger charge is 2.09. The van der Waals surface area contributed by atoms with Gasteiger partial charge in [0.25, 0.3) is 0 Å². The first-order valence-electron chi connectivity index (χ1n) is 7.52. The highest BCUT2D eigenvalue weighted by Crippen LogP contribution is 2.22. The van der Waals surface area contributed by atoms with Crippen molar-refractivity contribution in [1.29, 1.82) is 0 Å². The van der Waals surface area contributed by atoms with Gasteiger partial charge in [-0.25, -0.2) is 4.79 Å². The van der Waals surface area contributed by atoms with Gasteiger partial charge in [-0.2, -0.15) is 0 Å².